The van der Waals surface area contributed by atoms with Crippen LogP contribution in [-0.4, -0.2) is 31.8 Å². The third-order valence-electron chi connectivity index (χ3n) is 4.88. The number of amides is 2. The highest BCUT2D eigenvalue weighted by Gasteiger charge is 2.22. The summed E-state index contributed by atoms with van der Waals surface area (Å²) in [4.78, 5) is 30.8. The summed E-state index contributed by atoms with van der Waals surface area (Å²) in [5.74, 6) is -0.444. The third kappa shape index (κ3) is 4.01. The first-order valence-electron chi connectivity index (χ1n) is 9.20. The van der Waals surface area contributed by atoms with Gasteiger partial charge in [-0.05, 0) is 42.3 Å². The Kier molecular flexibility index (Phi) is 5.08. The minimum atomic E-state index is -3.92. The van der Waals surface area contributed by atoms with E-state index >= 15 is 0 Å². The smallest absolute Gasteiger partial charge is 0.257 e. The van der Waals surface area contributed by atoms with Gasteiger partial charge < -0.3 is 9.88 Å². The first-order chi connectivity index (χ1) is 13.9. The molecule has 1 fully saturated rings. The van der Waals surface area contributed by atoms with Crippen molar-refractivity contribution in [1.29, 1.82) is 0 Å². The molecule has 2 amide bonds. The van der Waals surface area contributed by atoms with Gasteiger partial charge >= 0.3 is 0 Å². The molecule has 3 N–H and O–H groups in total. The lowest BCUT2D eigenvalue weighted by atomic mass is 10.1. The van der Waals surface area contributed by atoms with E-state index in [4.69, 9.17) is 0 Å². The lowest BCUT2D eigenvalue weighted by molar-refractivity contribution is -0.121. The zero-order valence-electron chi connectivity index (χ0n) is 15.5. The van der Waals surface area contributed by atoms with Gasteiger partial charge in [-0.15, -0.1) is 4.83 Å². The average molecular weight is 412 g/mol. The Bertz CT molecular complexity index is 1170. The Hall–Kier alpha value is -3.17. The van der Waals surface area contributed by atoms with E-state index in [1.54, 1.807) is 23.2 Å². The number of carbonyl (C=O) groups is 2. The molecule has 2 aromatic carbocycles. The van der Waals surface area contributed by atoms with E-state index in [2.05, 4.69) is 15.2 Å². The van der Waals surface area contributed by atoms with Crippen molar-refractivity contribution < 1.29 is 18.0 Å². The van der Waals surface area contributed by atoms with E-state index in [1.807, 2.05) is 24.3 Å². The maximum atomic E-state index is 12.4. The van der Waals surface area contributed by atoms with Gasteiger partial charge in [0.05, 0.1) is 11.3 Å². The molecule has 0 unspecified atom stereocenters. The molecule has 4 rings (SSSR count). The molecule has 8 nitrogen and oxygen atoms in total. The van der Waals surface area contributed by atoms with Gasteiger partial charge in [-0.25, -0.2) is 8.42 Å². The number of para-hydroxylation sites is 1. The molecule has 2 heterocycles. The summed E-state index contributed by atoms with van der Waals surface area (Å²) in [6.45, 7) is 0.632. The molecule has 9 heteroatoms. The molecule has 1 saturated heterocycles. The molecule has 29 heavy (non-hydrogen) atoms. The molecule has 1 aliphatic heterocycles. The van der Waals surface area contributed by atoms with E-state index in [0.29, 0.717) is 18.7 Å². The first kappa shape index (κ1) is 19.2. The summed E-state index contributed by atoms with van der Waals surface area (Å²) in [5.41, 5.74) is 4.59. The van der Waals surface area contributed by atoms with Gasteiger partial charge in [0.1, 0.15) is 0 Å². The summed E-state index contributed by atoms with van der Waals surface area (Å²) >= 11 is 0. The van der Waals surface area contributed by atoms with E-state index in [0.717, 1.165) is 22.9 Å². The Morgan fingerprint density at radius 3 is 2.59 bits per heavy atom. The van der Waals surface area contributed by atoms with Crippen molar-refractivity contribution >= 4 is 38.4 Å². The van der Waals surface area contributed by atoms with Crippen LogP contribution in [-0.2, 0) is 26.0 Å². The zero-order chi connectivity index (χ0) is 20.4. The number of carbonyl (C=O) groups excluding carboxylic acids is 2. The number of sulfonamides is 1. The molecule has 0 bridgehead atoms. The largest absolute Gasteiger partial charge is 0.361 e. The topological polar surface area (TPSA) is 111 Å². The Balaban J connectivity index is 1.39. The minimum absolute atomic E-state index is 0.000269. The highest BCUT2D eigenvalue weighted by Crippen LogP contribution is 2.23. The van der Waals surface area contributed by atoms with Crippen molar-refractivity contribution in [3.8, 4) is 0 Å². The monoisotopic (exact) mass is 412 g/mol. The lowest BCUT2D eigenvalue weighted by Crippen LogP contribution is -2.42. The van der Waals surface area contributed by atoms with Crippen LogP contribution in [0.25, 0.3) is 10.9 Å². The molecule has 1 aliphatic rings. The highest BCUT2D eigenvalue weighted by atomic mass is 32.2. The number of hydrogen-bond acceptors (Lipinski definition) is 4. The molecule has 0 atom stereocenters. The number of nitrogens with one attached hydrogen (secondary N) is 3. The fraction of sp³-hybridized carbons (Fsp3) is 0.200. The maximum Gasteiger partial charge on any atom is 0.257 e. The van der Waals surface area contributed by atoms with Crippen LogP contribution < -0.4 is 15.2 Å². The standard InChI is InChI=1S/C20H20N4O4S/c25-19(12-14-13-21-18-5-2-1-4-17(14)18)22-23-29(27,28)16-9-7-15(8-10-16)24-11-3-6-20(24)26/h1-2,4-5,7-10,13,21,23H,3,6,11-12H2,(H,22,25). The van der Waals surface area contributed by atoms with Crippen molar-refractivity contribution in [3.63, 3.8) is 0 Å². The lowest BCUT2D eigenvalue weighted by Gasteiger charge is -2.16. The van der Waals surface area contributed by atoms with Gasteiger partial charge in [0.15, 0.2) is 0 Å². The SMILES string of the molecule is O=C(Cc1c[nH]c2ccccc12)NNS(=O)(=O)c1ccc(N2CCCC2=O)cc1. The quantitative estimate of drug-likeness (QED) is 0.537. The summed E-state index contributed by atoms with van der Waals surface area (Å²) < 4.78 is 24.9. The molecular formula is C20H20N4O4S. The average Bonchev–Trinajstić information content (AvgIpc) is 3.33. The number of anilines is 1. The van der Waals surface area contributed by atoms with E-state index < -0.39 is 15.9 Å². The second kappa shape index (κ2) is 7.69. The predicted octanol–water partition coefficient (Wildman–Crippen LogP) is 1.85. The van der Waals surface area contributed by atoms with Crippen LogP contribution >= 0.6 is 0 Å². The molecule has 3 aromatic rings. The summed E-state index contributed by atoms with van der Waals surface area (Å²) in [5, 5.41) is 0.914. The van der Waals surface area contributed by atoms with Crippen molar-refractivity contribution in [2.45, 2.75) is 24.2 Å². The van der Waals surface area contributed by atoms with Gasteiger partial charge in [0, 0.05) is 35.8 Å². The number of H-pyrrole nitrogens is 1. The van der Waals surface area contributed by atoms with Crippen LogP contribution in [0.3, 0.4) is 0 Å². The Labute approximate surface area is 167 Å². The second-order valence-corrected chi connectivity index (χ2v) is 8.52. The Morgan fingerprint density at radius 1 is 1.10 bits per heavy atom. The molecule has 0 aliphatic carbocycles. The first-order valence-corrected chi connectivity index (χ1v) is 10.7. The van der Waals surface area contributed by atoms with Gasteiger partial charge in [-0.1, -0.05) is 18.2 Å². The van der Waals surface area contributed by atoms with Crippen molar-refractivity contribution in [2.24, 2.45) is 0 Å². The van der Waals surface area contributed by atoms with E-state index in [-0.39, 0.29) is 17.2 Å². The summed E-state index contributed by atoms with van der Waals surface area (Å²) in [7, 11) is -3.92. The molecule has 0 saturated carbocycles. The highest BCUT2D eigenvalue weighted by molar-refractivity contribution is 7.89. The minimum Gasteiger partial charge on any atom is -0.361 e. The number of fused-ring (bicyclic) bond motifs is 1. The van der Waals surface area contributed by atoms with Gasteiger partial charge in [-0.2, -0.15) is 0 Å². The maximum absolute atomic E-state index is 12.4. The molecule has 1 aromatic heterocycles. The zero-order valence-corrected chi connectivity index (χ0v) is 16.3. The van der Waals surface area contributed by atoms with Gasteiger partial charge in [0.25, 0.3) is 10.0 Å². The number of aromatic amines is 1. The van der Waals surface area contributed by atoms with E-state index in [9.17, 15) is 18.0 Å². The van der Waals surface area contributed by atoms with Crippen molar-refractivity contribution in [3.05, 3.63) is 60.3 Å². The molecular weight excluding hydrogens is 392 g/mol. The van der Waals surface area contributed by atoms with Gasteiger partial charge in [0.2, 0.25) is 11.8 Å². The number of aromatic nitrogens is 1. The summed E-state index contributed by atoms with van der Waals surface area (Å²) in [6, 6.07) is 13.6. The molecule has 150 valence electrons. The Morgan fingerprint density at radius 2 is 1.86 bits per heavy atom. The number of rotatable bonds is 6. The third-order valence-corrected chi connectivity index (χ3v) is 6.15. The van der Waals surface area contributed by atoms with E-state index in [1.165, 1.54) is 12.1 Å². The molecule has 0 radical (unpaired) electrons. The second-order valence-electron chi connectivity index (χ2n) is 6.83. The fourth-order valence-electron chi connectivity index (χ4n) is 3.40. The van der Waals surface area contributed by atoms with Crippen LogP contribution in [0.2, 0.25) is 0 Å². The molecule has 0 spiro atoms. The fourth-order valence-corrected chi connectivity index (χ4v) is 4.26. The van der Waals surface area contributed by atoms with Crippen LogP contribution in [0.15, 0.2) is 59.6 Å². The van der Waals surface area contributed by atoms with Gasteiger partial charge in [-0.3, -0.25) is 15.0 Å². The normalized spacial score (nSPS) is 14.5. The van der Waals surface area contributed by atoms with Crippen LogP contribution in [0.1, 0.15) is 18.4 Å². The number of hydrogen-bond donors (Lipinski definition) is 3. The summed E-state index contributed by atoms with van der Waals surface area (Å²) in [6.07, 6.45) is 3.06. The van der Waals surface area contributed by atoms with Crippen molar-refractivity contribution in [1.82, 2.24) is 15.2 Å². The van der Waals surface area contributed by atoms with Crippen LogP contribution in [0.5, 0.6) is 0 Å². The van der Waals surface area contributed by atoms with Crippen LogP contribution in [0, 0.1) is 0 Å². The number of nitrogens with zero attached hydrogens (tertiary/aromatic N) is 1. The predicted molar refractivity (Wildman–Crippen MR) is 108 cm³/mol. The number of benzene rings is 2. The van der Waals surface area contributed by atoms with Crippen molar-refractivity contribution in [2.75, 3.05) is 11.4 Å². The van der Waals surface area contributed by atoms with Crippen LogP contribution in [0.4, 0.5) is 5.69 Å². The number of hydrazine groups is 1.